The highest BCUT2D eigenvalue weighted by Crippen LogP contribution is 2.23. The van der Waals surface area contributed by atoms with Crippen LogP contribution >= 0.6 is 0 Å². The Morgan fingerprint density at radius 1 is 1.06 bits per heavy atom. The van der Waals surface area contributed by atoms with Crippen molar-refractivity contribution >= 4 is 11.5 Å². The van der Waals surface area contributed by atoms with Crippen LogP contribution in [0, 0.1) is 0 Å². The van der Waals surface area contributed by atoms with Gasteiger partial charge in [0.2, 0.25) is 0 Å². The largest absolute Gasteiger partial charge is 0.397 e. The molecule has 0 amide bonds. The summed E-state index contributed by atoms with van der Waals surface area (Å²) in [5.74, 6) is 0.900. The van der Waals surface area contributed by atoms with Gasteiger partial charge in [0, 0.05) is 6.04 Å². The van der Waals surface area contributed by atoms with Crippen molar-refractivity contribution in [1.82, 2.24) is 4.98 Å². The average molecular weight is 225 g/mol. The number of nitrogens with two attached hydrogens (primary N) is 1. The van der Waals surface area contributed by atoms with Crippen molar-refractivity contribution in [2.45, 2.75) is 18.9 Å². The average Bonchev–Trinajstić information content (AvgIpc) is 2.74. The molecule has 3 nitrogen and oxygen atoms in total. The van der Waals surface area contributed by atoms with Gasteiger partial charge in [0.25, 0.3) is 0 Å². The summed E-state index contributed by atoms with van der Waals surface area (Å²) in [5, 5.41) is 3.45. The van der Waals surface area contributed by atoms with Crippen LogP contribution in [0.5, 0.6) is 0 Å². The molecule has 0 bridgehead atoms. The summed E-state index contributed by atoms with van der Waals surface area (Å²) in [4.78, 5) is 4.27. The fourth-order valence-electron chi connectivity index (χ4n) is 2.36. The van der Waals surface area contributed by atoms with Crippen LogP contribution in [-0.4, -0.2) is 11.0 Å². The number of nitrogens with zero attached hydrogens (tertiary/aromatic N) is 1. The van der Waals surface area contributed by atoms with Crippen LogP contribution in [0.1, 0.15) is 11.1 Å². The molecule has 3 rings (SSSR count). The fourth-order valence-corrected chi connectivity index (χ4v) is 2.36. The molecular weight excluding hydrogens is 210 g/mol. The number of rotatable bonds is 2. The van der Waals surface area contributed by atoms with E-state index in [0.29, 0.717) is 11.7 Å². The molecule has 86 valence electrons. The number of aromatic nitrogens is 1. The van der Waals surface area contributed by atoms with E-state index in [1.165, 1.54) is 11.1 Å². The van der Waals surface area contributed by atoms with Crippen LogP contribution < -0.4 is 11.1 Å². The number of nitrogen functional groups attached to an aromatic ring is 1. The third kappa shape index (κ3) is 2.09. The third-order valence-corrected chi connectivity index (χ3v) is 3.19. The molecular formula is C14H15N3. The van der Waals surface area contributed by atoms with Crippen LogP contribution in [0.4, 0.5) is 11.5 Å². The van der Waals surface area contributed by atoms with Gasteiger partial charge in [0.05, 0.1) is 11.9 Å². The van der Waals surface area contributed by atoms with Gasteiger partial charge in [-0.2, -0.15) is 0 Å². The SMILES string of the molecule is Nc1ccc(NC2Cc3ccccc3C2)nc1. The van der Waals surface area contributed by atoms with Crippen molar-refractivity contribution in [1.29, 1.82) is 0 Å². The van der Waals surface area contributed by atoms with E-state index in [1.54, 1.807) is 6.20 Å². The van der Waals surface area contributed by atoms with Crippen molar-refractivity contribution in [2.24, 2.45) is 0 Å². The van der Waals surface area contributed by atoms with E-state index in [0.717, 1.165) is 18.7 Å². The van der Waals surface area contributed by atoms with E-state index in [2.05, 4.69) is 34.6 Å². The molecule has 0 spiro atoms. The Kier molecular flexibility index (Phi) is 2.44. The number of benzene rings is 1. The Hall–Kier alpha value is -2.03. The van der Waals surface area contributed by atoms with Crippen LogP contribution in [0.2, 0.25) is 0 Å². The highest BCUT2D eigenvalue weighted by molar-refractivity contribution is 5.46. The molecule has 0 saturated heterocycles. The van der Waals surface area contributed by atoms with Crippen LogP contribution in [-0.2, 0) is 12.8 Å². The van der Waals surface area contributed by atoms with Gasteiger partial charge in [0.1, 0.15) is 5.82 Å². The summed E-state index contributed by atoms with van der Waals surface area (Å²) in [6.45, 7) is 0. The van der Waals surface area contributed by atoms with Gasteiger partial charge in [-0.1, -0.05) is 24.3 Å². The van der Waals surface area contributed by atoms with Gasteiger partial charge in [-0.3, -0.25) is 0 Å². The first-order chi connectivity index (χ1) is 8.31. The lowest BCUT2D eigenvalue weighted by Crippen LogP contribution is -2.20. The van der Waals surface area contributed by atoms with Crippen molar-refractivity contribution in [3.8, 4) is 0 Å². The molecule has 1 aliphatic rings. The summed E-state index contributed by atoms with van der Waals surface area (Å²) in [6.07, 6.45) is 3.83. The quantitative estimate of drug-likeness (QED) is 0.824. The van der Waals surface area contributed by atoms with Crippen LogP contribution in [0.3, 0.4) is 0 Å². The number of pyridine rings is 1. The molecule has 3 N–H and O–H groups in total. The molecule has 1 aromatic carbocycles. The topological polar surface area (TPSA) is 50.9 Å². The van der Waals surface area contributed by atoms with E-state index in [-0.39, 0.29) is 0 Å². The van der Waals surface area contributed by atoms with Gasteiger partial charge in [-0.05, 0) is 36.1 Å². The first-order valence-electron chi connectivity index (χ1n) is 5.86. The maximum Gasteiger partial charge on any atom is 0.126 e. The summed E-state index contributed by atoms with van der Waals surface area (Å²) in [5.41, 5.74) is 9.20. The van der Waals surface area contributed by atoms with Gasteiger partial charge in [-0.15, -0.1) is 0 Å². The van der Waals surface area contributed by atoms with E-state index in [1.807, 2.05) is 12.1 Å². The third-order valence-electron chi connectivity index (χ3n) is 3.19. The summed E-state index contributed by atoms with van der Waals surface area (Å²) < 4.78 is 0. The van der Waals surface area contributed by atoms with Crippen molar-refractivity contribution in [3.05, 3.63) is 53.7 Å². The number of fused-ring (bicyclic) bond motifs is 1. The summed E-state index contributed by atoms with van der Waals surface area (Å²) in [7, 11) is 0. The fraction of sp³-hybridized carbons (Fsp3) is 0.214. The first kappa shape index (κ1) is 10.1. The standard InChI is InChI=1S/C14H15N3/c15-12-5-6-14(16-9-12)17-13-7-10-3-1-2-4-11(10)8-13/h1-6,9,13H,7-8,15H2,(H,16,17). The van der Waals surface area contributed by atoms with Crippen molar-refractivity contribution in [2.75, 3.05) is 11.1 Å². The Morgan fingerprint density at radius 2 is 1.76 bits per heavy atom. The number of anilines is 2. The highest BCUT2D eigenvalue weighted by Gasteiger charge is 2.20. The lowest BCUT2D eigenvalue weighted by atomic mass is 10.1. The molecule has 17 heavy (non-hydrogen) atoms. The second kappa shape index (κ2) is 4.09. The van der Waals surface area contributed by atoms with Crippen LogP contribution in [0.25, 0.3) is 0 Å². The lowest BCUT2D eigenvalue weighted by Gasteiger charge is -2.12. The Morgan fingerprint density at radius 3 is 2.35 bits per heavy atom. The molecule has 0 radical (unpaired) electrons. The number of hydrogen-bond donors (Lipinski definition) is 2. The minimum absolute atomic E-state index is 0.448. The molecule has 1 heterocycles. The zero-order valence-electron chi connectivity index (χ0n) is 9.56. The zero-order chi connectivity index (χ0) is 11.7. The maximum absolute atomic E-state index is 5.61. The Bertz CT molecular complexity index is 494. The molecule has 0 saturated carbocycles. The van der Waals surface area contributed by atoms with E-state index in [9.17, 15) is 0 Å². The smallest absolute Gasteiger partial charge is 0.126 e. The molecule has 2 aromatic rings. The number of nitrogens with one attached hydrogen (secondary N) is 1. The Balaban J connectivity index is 1.71. The second-order valence-corrected chi connectivity index (χ2v) is 4.49. The molecule has 1 aliphatic carbocycles. The van der Waals surface area contributed by atoms with Gasteiger partial charge in [-0.25, -0.2) is 4.98 Å². The molecule has 0 fully saturated rings. The van der Waals surface area contributed by atoms with Crippen LogP contribution in [0.15, 0.2) is 42.6 Å². The maximum atomic E-state index is 5.61. The molecule has 1 aromatic heterocycles. The normalized spacial score (nSPS) is 14.6. The summed E-state index contributed by atoms with van der Waals surface area (Å²) >= 11 is 0. The minimum Gasteiger partial charge on any atom is -0.397 e. The predicted octanol–water partition coefficient (Wildman–Crippen LogP) is 2.24. The van der Waals surface area contributed by atoms with Gasteiger partial charge >= 0.3 is 0 Å². The van der Waals surface area contributed by atoms with Crippen molar-refractivity contribution in [3.63, 3.8) is 0 Å². The minimum atomic E-state index is 0.448. The predicted molar refractivity (Wildman–Crippen MR) is 69.9 cm³/mol. The van der Waals surface area contributed by atoms with Crippen molar-refractivity contribution < 1.29 is 0 Å². The Labute approximate surface area is 101 Å². The molecule has 0 unspecified atom stereocenters. The van der Waals surface area contributed by atoms with Gasteiger partial charge < -0.3 is 11.1 Å². The molecule has 3 heteroatoms. The monoisotopic (exact) mass is 225 g/mol. The first-order valence-corrected chi connectivity index (χ1v) is 5.86. The summed E-state index contributed by atoms with van der Waals surface area (Å²) in [6, 6.07) is 12.9. The molecule has 0 atom stereocenters. The second-order valence-electron chi connectivity index (χ2n) is 4.49. The lowest BCUT2D eigenvalue weighted by molar-refractivity contribution is 0.769. The highest BCUT2D eigenvalue weighted by atomic mass is 15.0. The zero-order valence-corrected chi connectivity index (χ0v) is 9.56. The van der Waals surface area contributed by atoms with Gasteiger partial charge in [0.15, 0.2) is 0 Å². The van der Waals surface area contributed by atoms with E-state index >= 15 is 0 Å². The van der Waals surface area contributed by atoms with E-state index in [4.69, 9.17) is 5.73 Å². The molecule has 0 aliphatic heterocycles. The van der Waals surface area contributed by atoms with E-state index < -0.39 is 0 Å². The number of hydrogen-bond acceptors (Lipinski definition) is 3.